The number of aromatic hydroxyl groups is 1. The normalized spacial score (nSPS) is 14.0. The van der Waals surface area contributed by atoms with Crippen LogP contribution in [0.1, 0.15) is 19.4 Å². The fourth-order valence-electron chi connectivity index (χ4n) is 4.79. The first-order valence-corrected chi connectivity index (χ1v) is 11.9. The number of fused-ring (bicyclic) bond motifs is 1. The van der Waals surface area contributed by atoms with Crippen molar-refractivity contribution in [2.24, 2.45) is 0 Å². The molecule has 2 heterocycles. The van der Waals surface area contributed by atoms with E-state index in [1.807, 2.05) is 23.1 Å². The number of ether oxygens (including phenoxy) is 1. The molecule has 39 heavy (non-hydrogen) atoms. The lowest BCUT2D eigenvalue weighted by Crippen LogP contribution is -2.27. The summed E-state index contributed by atoms with van der Waals surface area (Å²) in [5.41, 5.74) is 4.06. The van der Waals surface area contributed by atoms with Gasteiger partial charge in [0.15, 0.2) is 0 Å². The number of benzene rings is 3. The predicted molar refractivity (Wildman–Crippen MR) is 141 cm³/mol. The fraction of sp³-hybridized carbons (Fsp3) is 0.179. The highest BCUT2D eigenvalue weighted by Gasteiger charge is 2.41. The van der Waals surface area contributed by atoms with Crippen molar-refractivity contribution in [2.45, 2.75) is 25.6 Å². The van der Waals surface area contributed by atoms with Gasteiger partial charge in [-0.3, -0.25) is 9.97 Å². The number of aromatic nitrogens is 2. The SMILES string of the molecule is CC1(C)CN(c2ccccc2NC(=O)Nc2ccc(OC(F)(F)F)cc2)c2c(O)ccc(-c3cnccn3)c21. The average molecular weight is 536 g/mol. The Labute approximate surface area is 222 Å². The number of hydrogen-bond acceptors (Lipinski definition) is 6. The summed E-state index contributed by atoms with van der Waals surface area (Å²) >= 11 is 0. The van der Waals surface area contributed by atoms with Crippen LogP contribution in [0.2, 0.25) is 0 Å². The van der Waals surface area contributed by atoms with Crippen molar-refractivity contribution < 1.29 is 27.8 Å². The second-order valence-electron chi connectivity index (χ2n) is 9.58. The maximum Gasteiger partial charge on any atom is 0.573 e. The van der Waals surface area contributed by atoms with Crippen molar-refractivity contribution in [3.63, 3.8) is 0 Å². The molecule has 0 saturated heterocycles. The van der Waals surface area contributed by atoms with Gasteiger partial charge in [-0.25, -0.2) is 4.79 Å². The Bertz CT molecular complexity index is 1510. The smallest absolute Gasteiger partial charge is 0.506 e. The van der Waals surface area contributed by atoms with E-state index in [0.29, 0.717) is 29.3 Å². The summed E-state index contributed by atoms with van der Waals surface area (Å²) in [4.78, 5) is 23.4. The molecule has 1 aromatic heterocycles. The second-order valence-corrected chi connectivity index (χ2v) is 9.58. The molecule has 8 nitrogen and oxygen atoms in total. The standard InChI is InChI=1S/C28H24F3N5O3/c1-27(2)16-36(25-23(37)12-11-19(24(25)27)21-15-32-13-14-33-21)22-6-4-3-5-20(22)35-26(38)34-17-7-9-18(10-8-17)39-28(29,30)31/h3-15,37H,16H2,1-2H3,(H2,34,35,38). The molecule has 0 fully saturated rings. The van der Waals surface area contributed by atoms with Gasteiger partial charge in [-0.15, -0.1) is 13.2 Å². The van der Waals surface area contributed by atoms with Crippen LogP contribution in [-0.4, -0.2) is 34.0 Å². The van der Waals surface area contributed by atoms with Crippen LogP contribution in [0.5, 0.6) is 11.5 Å². The molecule has 0 aliphatic carbocycles. The first-order chi connectivity index (χ1) is 18.5. The van der Waals surface area contributed by atoms with Gasteiger partial charge in [0.1, 0.15) is 11.5 Å². The molecule has 200 valence electrons. The molecule has 0 unspecified atom stereocenters. The number of phenolic OH excluding ortho intramolecular Hbond substituents is 1. The minimum absolute atomic E-state index is 0.0867. The largest absolute Gasteiger partial charge is 0.573 e. The van der Waals surface area contributed by atoms with Crippen LogP contribution in [0, 0.1) is 0 Å². The Hall–Kier alpha value is -4.80. The maximum atomic E-state index is 12.8. The monoisotopic (exact) mass is 535 g/mol. The Balaban J connectivity index is 1.43. The van der Waals surface area contributed by atoms with E-state index in [1.165, 1.54) is 12.1 Å². The Morgan fingerprint density at radius 1 is 1.03 bits per heavy atom. The molecule has 1 aliphatic heterocycles. The number of anilines is 4. The van der Waals surface area contributed by atoms with E-state index < -0.39 is 23.6 Å². The van der Waals surface area contributed by atoms with Gasteiger partial charge in [-0.2, -0.15) is 0 Å². The number of alkyl halides is 3. The molecule has 0 radical (unpaired) electrons. The van der Waals surface area contributed by atoms with Crippen LogP contribution in [0.15, 0.2) is 79.3 Å². The van der Waals surface area contributed by atoms with Gasteiger partial charge in [0.05, 0.1) is 29.0 Å². The molecule has 4 aromatic rings. The van der Waals surface area contributed by atoms with Crippen LogP contribution in [-0.2, 0) is 5.41 Å². The third-order valence-corrected chi connectivity index (χ3v) is 6.28. The summed E-state index contributed by atoms with van der Waals surface area (Å²) in [6.07, 6.45) is 0.0811. The Morgan fingerprint density at radius 3 is 2.46 bits per heavy atom. The molecule has 3 aromatic carbocycles. The number of nitrogens with one attached hydrogen (secondary N) is 2. The second kappa shape index (κ2) is 9.82. The van der Waals surface area contributed by atoms with Gasteiger partial charge < -0.3 is 25.4 Å². The van der Waals surface area contributed by atoms with Gasteiger partial charge in [0, 0.05) is 35.6 Å². The molecule has 0 spiro atoms. The third-order valence-electron chi connectivity index (χ3n) is 6.28. The van der Waals surface area contributed by atoms with Crippen LogP contribution < -0.4 is 20.3 Å². The number of nitrogens with zero attached hydrogens (tertiary/aromatic N) is 3. The number of phenols is 1. The summed E-state index contributed by atoms with van der Waals surface area (Å²) < 4.78 is 41.1. The van der Waals surface area contributed by atoms with Gasteiger partial charge in [-0.05, 0) is 54.1 Å². The highest BCUT2D eigenvalue weighted by Crippen LogP contribution is 2.53. The lowest BCUT2D eigenvalue weighted by molar-refractivity contribution is -0.274. The van der Waals surface area contributed by atoms with Gasteiger partial charge in [-0.1, -0.05) is 26.0 Å². The van der Waals surface area contributed by atoms with Crippen molar-refractivity contribution in [3.05, 3.63) is 84.8 Å². The maximum absolute atomic E-state index is 12.8. The molecular formula is C28H24F3N5O3. The number of halogens is 3. The zero-order valence-electron chi connectivity index (χ0n) is 21.0. The lowest BCUT2D eigenvalue weighted by atomic mass is 9.83. The van der Waals surface area contributed by atoms with Crippen molar-refractivity contribution in [1.82, 2.24) is 9.97 Å². The van der Waals surface area contributed by atoms with Crippen LogP contribution in [0.3, 0.4) is 0 Å². The van der Waals surface area contributed by atoms with Crippen LogP contribution >= 0.6 is 0 Å². The number of hydrogen-bond donors (Lipinski definition) is 3. The average Bonchev–Trinajstić information content (AvgIpc) is 3.17. The number of urea groups is 1. The number of para-hydroxylation sites is 2. The summed E-state index contributed by atoms with van der Waals surface area (Å²) in [5, 5.41) is 16.4. The summed E-state index contributed by atoms with van der Waals surface area (Å²) in [7, 11) is 0. The molecule has 3 N–H and O–H groups in total. The predicted octanol–water partition coefficient (Wildman–Crippen LogP) is 6.82. The van der Waals surface area contributed by atoms with E-state index in [2.05, 4.69) is 39.2 Å². The topological polar surface area (TPSA) is 99.6 Å². The van der Waals surface area contributed by atoms with E-state index in [4.69, 9.17) is 0 Å². The summed E-state index contributed by atoms with van der Waals surface area (Å²) in [6, 6.07) is 14.8. The van der Waals surface area contributed by atoms with Crippen molar-refractivity contribution >= 4 is 28.8 Å². The van der Waals surface area contributed by atoms with Gasteiger partial charge in [0.25, 0.3) is 0 Å². The highest BCUT2D eigenvalue weighted by molar-refractivity contribution is 6.03. The summed E-state index contributed by atoms with van der Waals surface area (Å²) in [6.45, 7) is 4.65. The minimum atomic E-state index is -4.80. The van der Waals surface area contributed by atoms with Crippen LogP contribution in [0.4, 0.5) is 40.7 Å². The third kappa shape index (κ3) is 5.42. The Morgan fingerprint density at radius 2 is 1.77 bits per heavy atom. The molecule has 1 aliphatic rings. The van der Waals surface area contributed by atoms with Crippen LogP contribution in [0.25, 0.3) is 11.3 Å². The zero-order chi connectivity index (χ0) is 27.8. The minimum Gasteiger partial charge on any atom is -0.506 e. The highest BCUT2D eigenvalue weighted by atomic mass is 19.4. The molecule has 0 bridgehead atoms. The molecule has 0 saturated carbocycles. The quantitative estimate of drug-likeness (QED) is 0.259. The lowest BCUT2D eigenvalue weighted by Gasteiger charge is -2.25. The number of amides is 2. The van der Waals surface area contributed by atoms with Crippen molar-refractivity contribution in [1.29, 1.82) is 0 Å². The first-order valence-electron chi connectivity index (χ1n) is 11.9. The molecule has 2 amide bonds. The molecular weight excluding hydrogens is 511 g/mol. The van der Waals surface area contributed by atoms with E-state index in [-0.39, 0.29) is 11.4 Å². The van der Waals surface area contributed by atoms with E-state index in [0.717, 1.165) is 23.3 Å². The van der Waals surface area contributed by atoms with Crippen molar-refractivity contribution in [3.8, 4) is 22.8 Å². The molecule has 5 rings (SSSR count). The number of rotatable bonds is 5. The molecule has 11 heteroatoms. The Kier molecular flexibility index (Phi) is 6.51. The fourth-order valence-corrected chi connectivity index (χ4v) is 4.79. The number of carbonyl (C=O) groups excluding carboxylic acids is 1. The van der Waals surface area contributed by atoms with Gasteiger partial charge in [0.2, 0.25) is 0 Å². The van der Waals surface area contributed by atoms with E-state index >= 15 is 0 Å². The van der Waals surface area contributed by atoms with E-state index in [9.17, 15) is 23.1 Å². The summed E-state index contributed by atoms with van der Waals surface area (Å²) in [5.74, 6) is -0.307. The molecule has 0 atom stereocenters. The first kappa shape index (κ1) is 25.8. The zero-order valence-corrected chi connectivity index (χ0v) is 21.0. The van der Waals surface area contributed by atoms with Gasteiger partial charge >= 0.3 is 12.4 Å². The van der Waals surface area contributed by atoms with Crippen molar-refractivity contribution in [2.75, 3.05) is 22.1 Å². The van der Waals surface area contributed by atoms with E-state index in [1.54, 1.807) is 36.8 Å². The number of carbonyl (C=O) groups is 1.